The first-order chi connectivity index (χ1) is 7.27. The van der Waals surface area contributed by atoms with Gasteiger partial charge >= 0.3 is 0 Å². The van der Waals surface area contributed by atoms with Crippen LogP contribution in [0.1, 0.15) is 17.5 Å². The van der Waals surface area contributed by atoms with Gasteiger partial charge in [0.15, 0.2) is 11.5 Å². The number of rotatable bonds is 2. The van der Waals surface area contributed by atoms with Crippen molar-refractivity contribution in [1.29, 1.82) is 0 Å². The first-order valence-corrected chi connectivity index (χ1v) is 4.91. The molecule has 1 aromatic carbocycles. The number of aryl methyl sites for hydroxylation is 1. The molecule has 0 aliphatic heterocycles. The fourth-order valence-electron chi connectivity index (χ4n) is 1.88. The normalized spacial score (nSPS) is 13.5. The van der Waals surface area contributed by atoms with Crippen LogP contribution in [-0.4, -0.2) is 19.3 Å². The van der Waals surface area contributed by atoms with Gasteiger partial charge < -0.3 is 14.6 Å². The van der Waals surface area contributed by atoms with E-state index in [2.05, 4.69) is 6.08 Å². The number of benzene rings is 1. The third kappa shape index (κ3) is 1.54. The van der Waals surface area contributed by atoms with Gasteiger partial charge in [-0.3, -0.25) is 0 Å². The fraction of sp³-hybridized carbons (Fsp3) is 0.333. The van der Waals surface area contributed by atoms with Gasteiger partial charge in [-0.15, -0.1) is 0 Å². The standard InChI is InChI=1S/C12H14O3/c1-14-10-7-8-5-3-4-6-9(8)12(15-2)11(10)13/h4,6-7,13H,3,5H2,1-2H3. The van der Waals surface area contributed by atoms with Crippen molar-refractivity contribution in [2.45, 2.75) is 12.8 Å². The third-order valence-electron chi connectivity index (χ3n) is 2.63. The molecule has 0 saturated heterocycles. The number of methoxy groups -OCH3 is 2. The van der Waals surface area contributed by atoms with Crippen LogP contribution in [0.25, 0.3) is 6.08 Å². The van der Waals surface area contributed by atoms with Crippen LogP contribution >= 0.6 is 0 Å². The van der Waals surface area contributed by atoms with E-state index in [1.165, 1.54) is 0 Å². The first kappa shape index (κ1) is 9.90. The Hall–Kier alpha value is -1.64. The maximum Gasteiger partial charge on any atom is 0.201 e. The highest BCUT2D eigenvalue weighted by atomic mass is 16.5. The number of allylic oxidation sites excluding steroid dienone is 1. The van der Waals surface area contributed by atoms with Gasteiger partial charge in [0.1, 0.15) is 0 Å². The highest BCUT2D eigenvalue weighted by molar-refractivity contribution is 5.70. The molecular formula is C12H14O3. The van der Waals surface area contributed by atoms with Crippen molar-refractivity contribution in [2.75, 3.05) is 14.2 Å². The number of hydrogen-bond acceptors (Lipinski definition) is 3. The molecule has 80 valence electrons. The molecule has 0 amide bonds. The van der Waals surface area contributed by atoms with Gasteiger partial charge in [0.2, 0.25) is 5.75 Å². The summed E-state index contributed by atoms with van der Waals surface area (Å²) in [5.74, 6) is 1.05. The van der Waals surface area contributed by atoms with Crippen molar-refractivity contribution in [3.8, 4) is 17.2 Å². The summed E-state index contributed by atoms with van der Waals surface area (Å²) in [5.41, 5.74) is 2.12. The number of aromatic hydroxyl groups is 1. The minimum Gasteiger partial charge on any atom is -0.502 e. The van der Waals surface area contributed by atoms with E-state index in [1.54, 1.807) is 14.2 Å². The van der Waals surface area contributed by atoms with Crippen molar-refractivity contribution in [3.05, 3.63) is 23.3 Å². The Morgan fingerprint density at radius 2 is 2.07 bits per heavy atom. The van der Waals surface area contributed by atoms with E-state index in [4.69, 9.17) is 9.47 Å². The topological polar surface area (TPSA) is 38.7 Å². The van der Waals surface area contributed by atoms with E-state index in [-0.39, 0.29) is 5.75 Å². The highest BCUT2D eigenvalue weighted by Gasteiger charge is 2.18. The monoisotopic (exact) mass is 206 g/mol. The first-order valence-electron chi connectivity index (χ1n) is 4.91. The second-order valence-corrected chi connectivity index (χ2v) is 3.47. The Balaban J connectivity index is 2.65. The zero-order valence-corrected chi connectivity index (χ0v) is 8.91. The molecule has 2 rings (SSSR count). The smallest absolute Gasteiger partial charge is 0.201 e. The second-order valence-electron chi connectivity index (χ2n) is 3.47. The van der Waals surface area contributed by atoms with Crippen molar-refractivity contribution in [1.82, 2.24) is 0 Å². The molecule has 1 aliphatic rings. The lowest BCUT2D eigenvalue weighted by molar-refractivity contribution is 0.338. The van der Waals surface area contributed by atoms with Gasteiger partial charge in [0, 0.05) is 5.56 Å². The molecule has 0 atom stereocenters. The average molecular weight is 206 g/mol. The Bertz CT molecular complexity index is 408. The third-order valence-corrected chi connectivity index (χ3v) is 2.63. The van der Waals surface area contributed by atoms with Gasteiger partial charge in [-0.1, -0.05) is 12.2 Å². The van der Waals surface area contributed by atoms with Crippen molar-refractivity contribution in [2.24, 2.45) is 0 Å². The summed E-state index contributed by atoms with van der Waals surface area (Å²) in [6, 6.07) is 1.87. The van der Waals surface area contributed by atoms with Crippen LogP contribution in [0.4, 0.5) is 0 Å². The SMILES string of the molecule is COc1cc2c(c(OC)c1O)C=CCC2. The lowest BCUT2D eigenvalue weighted by atomic mass is 9.95. The molecule has 0 spiro atoms. The summed E-state index contributed by atoms with van der Waals surface area (Å²) in [6.45, 7) is 0. The number of phenolic OH excluding ortho intramolecular Hbond substituents is 1. The van der Waals surface area contributed by atoms with E-state index in [1.807, 2.05) is 12.1 Å². The molecule has 0 aromatic heterocycles. The van der Waals surface area contributed by atoms with E-state index in [0.29, 0.717) is 11.5 Å². The van der Waals surface area contributed by atoms with Crippen LogP contribution < -0.4 is 9.47 Å². The van der Waals surface area contributed by atoms with Gasteiger partial charge in [-0.2, -0.15) is 0 Å². The van der Waals surface area contributed by atoms with Gasteiger partial charge in [0.05, 0.1) is 14.2 Å². The largest absolute Gasteiger partial charge is 0.502 e. The van der Waals surface area contributed by atoms with E-state index < -0.39 is 0 Å². The molecule has 1 aromatic rings. The van der Waals surface area contributed by atoms with Crippen LogP contribution in [0.3, 0.4) is 0 Å². The lowest BCUT2D eigenvalue weighted by Crippen LogP contribution is -2.00. The lowest BCUT2D eigenvalue weighted by Gasteiger charge is -2.17. The second kappa shape index (κ2) is 3.85. The molecular weight excluding hydrogens is 192 g/mol. The average Bonchev–Trinajstić information content (AvgIpc) is 2.28. The summed E-state index contributed by atoms with van der Waals surface area (Å²) in [6.07, 6.45) is 6.04. The molecule has 1 aliphatic carbocycles. The molecule has 0 heterocycles. The fourth-order valence-corrected chi connectivity index (χ4v) is 1.88. The Morgan fingerprint density at radius 1 is 1.27 bits per heavy atom. The van der Waals surface area contributed by atoms with Crippen LogP contribution in [0, 0.1) is 0 Å². The molecule has 15 heavy (non-hydrogen) atoms. The minimum absolute atomic E-state index is 0.0744. The summed E-state index contributed by atoms with van der Waals surface area (Å²) >= 11 is 0. The summed E-state index contributed by atoms with van der Waals surface area (Å²) in [7, 11) is 3.09. The van der Waals surface area contributed by atoms with Gasteiger partial charge in [-0.25, -0.2) is 0 Å². The van der Waals surface area contributed by atoms with Crippen molar-refractivity contribution in [3.63, 3.8) is 0 Å². The van der Waals surface area contributed by atoms with Crippen molar-refractivity contribution >= 4 is 6.08 Å². The Kier molecular flexibility index (Phi) is 2.54. The van der Waals surface area contributed by atoms with Crippen molar-refractivity contribution < 1.29 is 14.6 Å². The van der Waals surface area contributed by atoms with E-state index >= 15 is 0 Å². The van der Waals surface area contributed by atoms with Crippen LogP contribution in [-0.2, 0) is 6.42 Å². The minimum atomic E-state index is 0.0744. The molecule has 0 bridgehead atoms. The number of fused-ring (bicyclic) bond motifs is 1. The zero-order valence-electron chi connectivity index (χ0n) is 8.91. The van der Waals surface area contributed by atoms with Crippen LogP contribution in [0.5, 0.6) is 17.2 Å². The number of hydrogen-bond donors (Lipinski definition) is 1. The Labute approximate surface area is 88.9 Å². The molecule has 1 N–H and O–H groups in total. The summed E-state index contributed by atoms with van der Waals surface area (Å²) < 4.78 is 10.3. The summed E-state index contributed by atoms with van der Waals surface area (Å²) in [5, 5.41) is 9.86. The maximum absolute atomic E-state index is 9.86. The molecule has 0 radical (unpaired) electrons. The van der Waals surface area contributed by atoms with Gasteiger partial charge in [-0.05, 0) is 24.5 Å². The summed E-state index contributed by atoms with van der Waals surface area (Å²) in [4.78, 5) is 0. The maximum atomic E-state index is 9.86. The molecule has 0 unspecified atom stereocenters. The highest BCUT2D eigenvalue weighted by Crippen LogP contribution is 2.43. The Morgan fingerprint density at radius 3 is 2.73 bits per heavy atom. The predicted octanol–water partition coefficient (Wildman–Crippen LogP) is 2.37. The van der Waals surface area contributed by atoms with Crippen LogP contribution in [0.2, 0.25) is 0 Å². The molecule has 0 saturated carbocycles. The van der Waals surface area contributed by atoms with Gasteiger partial charge in [0.25, 0.3) is 0 Å². The molecule has 3 heteroatoms. The van der Waals surface area contributed by atoms with E-state index in [9.17, 15) is 5.11 Å². The predicted molar refractivity (Wildman–Crippen MR) is 58.6 cm³/mol. The molecule has 3 nitrogen and oxygen atoms in total. The van der Waals surface area contributed by atoms with Crippen LogP contribution in [0.15, 0.2) is 12.1 Å². The number of ether oxygens (including phenoxy) is 2. The molecule has 0 fully saturated rings. The number of phenols is 1. The van der Waals surface area contributed by atoms with E-state index in [0.717, 1.165) is 24.0 Å². The quantitative estimate of drug-likeness (QED) is 0.807. The zero-order chi connectivity index (χ0) is 10.8.